The molecule has 0 fully saturated rings. The molecule has 0 saturated carbocycles. The summed E-state index contributed by atoms with van der Waals surface area (Å²) >= 11 is 20.4. The van der Waals surface area contributed by atoms with Crippen molar-refractivity contribution in [3.05, 3.63) is 56.5 Å². The van der Waals surface area contributed by atoms with Gasteiger partial charge in [0.05, 0.1) is 10.0 Å². The van der Waals surface area contributed by atoms with Crippen LogP contribution in [-0.2, 0) is 0 Å². The highest BCUT2D eigenvalue weighted by molar-refractivity contribution is 9.10. The van der Waals surface area contributed by atoms with Crippen LogP contribution < -0.4 is 10.5 Å². The third-order valence-corrected chi connectivity index (χ3v) is 3.67. The van der Waals surface area contributed by atoms with Crippen LogP contribution in [0.1, 0.15) is 5.56 Å². The first-order valence-electron chi connectivity index (χ1n) is 5.19. The number of hydrogen-bond acceptors (Lipinski definition) is 2. The van der Waals surface area contributed by atoms with Gasteiger partial charge >= 0.3 is 0 Å². The zero-order valence-corrected chi connectivity index (χ0v) is 13.4. The van der Waals surface area contributed by atoms with Gasteiger partial charge < -0.3 is 10.5 Å². The monoisotopic (exact) mass is 375 g/mol. The van der Waals surface area contributed by atoms with Crippen LogP contribution in [0.2, 0.25) is 10.0 Å². The highest BCUT2D eigenvalue weighted by Gasteiger charge is 2.09. The smallest absolute Gasteiger partial charge is 0.147 e. The Morgan fingerprint density at radius 2 is 1.79 bits per heavy atom. The minimum atomic E-state index is 0.286. The fraction of sp³-hybridized carbons (Fsp3) is 0. The molecular formula is C13H8BrCl2NOS. The van der Waals surface area contributed by atoms with Crippen LogP contribution >= 0.6 is 51.3 Å². The molecule has 0 aromatic heterocycles. The van der Waals surface area contributed by atoms with E-state index in [4.69, 9.17) is 45.9 Å². The van der Waals surface area contributed by atoms with Crippen molar-refractivity contribution in [2.24, 2.45) is 5.73 Å². The summed E-state index contributed by atoms with van der Waals surface area (Å²) in [4.78, 5) is 0.286. The average Bonchev–Trinajstić information content (AvgIpc) is 2.36. The number of rotatable bonds is 3. The predicted molar refractivity (Wildman–Crippen MR) is 86.6 cm³/mol. The first-order chi connectivity index (χ1) is 8.97. The largest absolute Gasteiger partial charge is 0.454 e. The van der Waals surface area contributed by atoms with Gasteiger partial charge in [-0.3, -0.25) is 0 Å². The summed E-state index contributed by atoms with van der Waals surface area (Å²) in [5, 5.41) is 0.916. The zero-order chi connectivity index (χ0) is 14.0. The molecule has 2 rings (SSSR count). The van der Waals surface area contributed by atoms with E-state index in [1.54, 1.807) is 30.3 Å². The van der Waals surface area contributed by atoms with E-state index in [0.717, 1.165) is 4.47 Å². The molecule has 2 aromatic rings. The van der Waals surface area contributed by atoms with E-state index in [1.807, 2.05) is 6.07 Å². The lowest BCUT2D eigenvalue weighted by Gasteiger charge is -2.10. The molecule has 0 saturated heterocycles. The third kappa shape index (κ3) is 3.60. The minimum absolute atomic E-state index is 0.286. The van der Waals surface area contributed by atoms with Crippen molar-refractivity contribution < 1.29 is 4.74 Å². The molecule has 0 amide bonds. The van der Waals surface area contributed by atoms with Crippen LogP contribution in [0, 0.1) is 0 Å². The molecular weight excluding hydrogens is 369 g/mol. The molecule has 2 nitrogen and oxygen atoms in total. The van der Waals surface area contributed by atoms with E-state index in [-0.39, 0.29) is 4.99 Å². The quantitative estimate of drug-likeness (QED) is 0.749. The van der Waals surface area contributed by atoms with E-state index >= 15 is 0 Å². The first kappa shape index (κ1) is 14.6. The lowest BCUT2D eigenvalue weighted by Crippen LogP contribution is -2.08. The maximum Gasteiger partial charge on any atom is 0.147 e. The van der Waals surface area contributed by atoms with Crippen molar-refractivity contribution in [3.8, 4) is 11.5 Å². The van der Waals surface area contributed by atoms with Crippen molar-refractivity contribution in [2.45, 2.75) is 0 Å². The molecule has 0 aliphatic carbocycles. The SMILES string of the molecule is NC(=S)c1ccc(Oc2cc(Br)ccc2Cl)c(Cl)c1. The maximum atomic E-state index is 6.12. The topological polar surface area (TPSA) is 35.2 Å². The van der Waals surface area contributed by atoms with Crippen molar-refractivity contribution >= 4 is 56.3 Å². The molecule has 0 radical (unpaired) electrons. The molecule has 2 aromatic carbocycles. The number of benzene rings is 2. The van der Waals surface area contributed by atoms with Crippen molar-refractivity contribution in [3.63, 3.8) is 0 Å². The fourth-order valence-corrected chi connectivity index (χ4v) is 2.25. The molecule has 6 heteroatoms. The molecule has 0 unspecified atom stereocenters. The summed E-state index contributed by atoms with van der Waals surface area (Å²) in [7, 11) is 0. The number of hydrogen-bond donors (Lipinski definition) is 1. The van der Waals surface area contributed by atoms with Gasteiger partial charge in [-0.25, -0.2) is 0 Å². The first-order valence-corrected chi connectivity index (χ1v) is 7.15. The second-order valence-corrected chi connectivity index (χ2v) is 5.86. The van der Waals surface area contributed by atoms with E-state index in [0.29, 0.717) is 27.1 Å². The van der Waals surface area contributed by atoms with Crippen LogP contribution in [0.15, 0.2) is 40.9 Å². The second kappa shape index (κ2) is 6.09. The molecule has 0 aliphatic rings. The molecule has 2 N–H and O–H groups in total. The molecule has 0 heterocycles. The molecule has 19 heavy (non-hydrogen) atoms. The van der Waals surface area contributed by atoms with Crippen LogP contribution in [0.25, 0.3) is 0 Å². The van der Waals surface area contributed by atoms with Crippen LogP contribution in [0.4, 0.5) is 0 Å². The summed E-state index contributed by atoms with van der Waals surface area (Å²) in [5.41, 5.74) is 6.22. The Bertz CT molecular complexity index is 649. The van der Waals surface area contributed by atoms with Gasteiger partial charge in [-0.1, -0.05) is 51.3 Å². The molecule has 0 spiro atoms. The van der Waals surface area contributed by atoms with Gasteiger partial charge in [-0.15, -0.1) is 0 Å². The maximum absolute atomic E-state index is 6.12. The van der Waals surface area contributed by atoms with E-state index in [2.05, 4.69) is 15.9 Å². The fourth-order valence-electron chi connectivity index (χ4n) is 1.41. The standard InChI is InChI=1S/C13H8BrCl2NOS/c14-8-2-3-9(15)12(6-8)18-11-4-1-7(13(17)19)5-10(11)16/h1-6H,(H2,17,19). The van der Waals surface area contributed by atoms with Gasteiger partial charge in [0.2, 0.25) is 0 Å². The van der Waals surface area contributed by atoms with Gasteiger partial charge in [0.1, 0.15) is 16.5 Å². The molecule has 0 bridgehead atoms. The normalized spacial score (nSPS) is 10.3. The van der Waals surface area contributed by atoms with Crippen molar-refractivity contribution in [1.82, 2.24) is 0 Å². The number of halogens is 3. The van der Waals surface area contributed by atoms with Crippen LogP contribution in [0.5, 0.6) is 11.5 Å². The Morgan fingerprint density at radius 3 is 2.42 bits per heavy atom. The lowest BCUT2D eigenvalue weighted by atomic mass is 10.2. The van der Waals surface area contributed by atoms with Gasteiger partial charge in [0.25, 0.3) is 0 Å². The Labute approximate surface area is 134 Å². The second-order valence-electron chi connectivity index (χ2n) is 3.69. The number of ether oxygens (including phenoxy) is 1. The van der Waals surface area contributed by atoms with E-state index in [1.165, 1.54) is 0 Å². The molecule has 0 atom stereocenters. The zero-order valence-electron chi connectivity index (χ0n) is 9.49. The summed E-state index contributed by atoms with van der Waals surface area (Å²) < 4.78 is 6.54. The van der Waals surface area contributed by atoms with Gasteiger partial charge in [0.15, 0.2) is 0 Å². The summed E-state index contributed by atoms with van der Waals surface area (Å²) in [5.74, 6) is 1.00. The van der Waals surface area contributed by atoms with Crippen LogP contribution in [-0.4, -0.2) is 4.99 Å². The lowest BCUT2D eigenvalue weighted by molar-refractivity contribution is 0.483. The minimum Gasteiger partial charge on any atom is -0.454 e. The van der Waals surface area contributed by atoms with Gasteiger partial charge in [-0.05, 0) is 36.4 Å². The highest BCUT2D eigenvalue weighted by Crippen LogP contribution is 2.35. The van der Waals surface area contributed by atoms with Gasteiger partial charge in [-0.2, -0.15) is 0 Å². The third-order valence-electron chi connectivity index (χ3n) is 2.33. The number of nitrogens with two attached hydrogens (primary N) is 1. The Kier molecular flexibility index (Phi) is 4.68. The summed E-state index contributed by atoms with van der Waals surface area (Å²) in [6, 6.07) is 10.4. The van der Waals surface area contributed by atoms with Crippen molar-refractivity contribution in [2.75, 3.05) is 0 Å². The summed E-state index contributed by atoms with van der Waals surface area (Å²) in [6.07, 6.45) is 0. The highest BCUT2D eigenvalue weighted by atomic mass is 79.9. The number of thiocarbonyl (C=S) groups is 1. The predicted octanol–water partition coefficient (Wildman–Crippen LogP) is 5.18. The average molecular weight is 377 g/mol. The Balaban J connectivity index is 2.33. The molecule has 0 aliphatic heterocycles. The van der Waals surface area contributed by atoms with Gasteiger partial charge in [0, 0.05) is 10.0 Å². The van der Waals surface area contributed by atoms with E-state index < -0.39 is 0 Å². The van der Waals surface area contributed by atoms with E-state index in [9.17, 15) is 0 Å². The van der Waals surface area contributed by atoms with Crippen molar-refractivity contribution in [1.29, 1.82) is 0 Å². The molecule has 98 valence electrons. The Morgan fingerprint density at radius 1 is 1.05 bits per heavy atom. The summed E-state index contributed by atoms with van der Waals surface area (Å²) in [6.45, 7) is 0. The Hall–Kier alpha value is -0.810. The van der Waals surface area contributed by atoms with Crippen LogP contribution in [0.3, 0.4) is 0 Å².